The van der Waals surface area contributed by atoms with Crippen LogP contribution in [0.1, 0.15) is 45.6 Å². The van der Waals surface area contributed by atoms with Crippen molar-refractivity contribution in [3.05, 3.63) is 35.9 Å². The van der Waals surface area contributed by atoms with Crippen LogP contribution < -0.4 is 5.32 Å². The van der Waals surface area contributed by atoms with E-state index in [9.17, 15) is 14.4 Å². The van der Waals surface area contributed by atoms with Gasteiger partial charge < -0.3 is 24.6 Å². The molecule has 3 amide bonds. The molecule has 1 atom stereocenters. The number of nitrogens with zero attached hydrogens (tertiary/aromatic N) is 2. The first kappa shape index (κ1) is 22.4. The minimum absolute atomic E-state index is 0.0153. The summed E-state index contributed by atoms with van der Waals surface area (Å²) in [6, 6.07) is 9.56. The first-order valence-corrected chi connectivity index (χ1v) is 11.4. The molecule has 3 saturated heterocycles. The van der Waals surface area contributed by atoms with Gasteiger partial charge in [-0.15, -0.1) is 0 Å². The van der Waals surface area contributed by atoms with Gasteiger partial charge >= 0.3 is 12.2 Å². The van der Waals surface area contributed by atoms with E-state index in [1.807, 2.05) is 51.1 Å². The zero-order valence-electron chi connectivity index (χ0n) is 19.2. The first-order valence-electron chi connectivity index (χ1n) is 11.4. The average molecular weight is 444 g/mol. The smallest absolute Gasteiger partial charge is 0.410 e. The van der Waals surface area contributed by atoms with Crippen LogP contribution in [0.3, 0.4) is 0 Å². The molecule has 1 N–H and O–H groups in total. The highest BCUT2D eigenvalue weighted by Crippen LogP contribution is 2.56. The van der Waals surface area contributed by atoms with E-state index in [0.717, 1.165) is 5.56 Å². The molecule has 2 spiro atoms. The number of rotatable bonds is 2. The van der Waals surface area contributed by atoms with Crippen molar-refractivity contribution in [2.45, 2.75) is 52.2 Å². The fraction of sp³-hybridized carbons (Fsp3) is 0.625. The lowest BCUT2D eigenvalue weighted by atomic mass is 9.60. The first-order chi connectivity index (χ1) is 15.1. The number of carbonyl (C=O) groups is 3. The number of hydrogen-bond acceptors (Lipinski definition) is 5. The Labute approximate surface area is 189 Å². The number of likely N-dealkylation sites (tertiary alicyclic amines) is 2. The molecule has 0 aromatic heterocycles. The van der Waals surface area contributed by atoms with Crippen molar-refractivity contribution < 1.29 is 23.9 Å². The van der Waals surface area contributed by atoms with Gasteiger partial charge in [0.15, 0.2) is 0 Å². The third kappa shape index (κ3) is 4.14. The molecule has 0 radical (unpaired) electrons. The van der Waals surface area contributed by atoms with E-state index in [4.69, 9.17) is 9.47 Å². The second-order valence-electron chi connectivity index (χ2n) is 10.2. The van der Waals surface area contributed by atoms with E-state index >= 15 is 0 Å². The Morgan fingerprint density at radius 1 is 1.00 bits per heavy atom. The zero-order valence-corrected chi connectivity index (χ0v) is 19.2. The van der Waals surface area contributed by atoms with Crippen LogP contribution in [-0.4, -0.2) is 66.2 Å². The monoisotopic (exact) mass is 443 g/mol. The van der Waals surface area contributed by atoms with Gasteiger partial charge in [-0.25, -0.2) is 9.59 Å². The van der Waals surface area contributed by atoms with Crippen LogP contribution >= 0.6 is 0 Å². The average Bonchev–Trinajstić information content (AvgIpc) is 3.28. The van der Waals surface area contributed by atoms with Crippen molar-refractivity contribution >= 4 is 18.1 Å². The van der Waals surface area contributed by atoms with Crippen molar-refractivity contribution in [2.24, 2.45) is 10.8 Å². The number of nitrogens with one attached hydrogen (secondary N) is 1. The predicted molar refractivity (Wildman–Crippen MR) is 118 cm³/mol. The topological polar surface area (TPSA) is 88.2 Å². The Kier molecular flexibility index (Phi) is 5.81. The van der Waals surface area contributed by atoms with Crippen LogP contribution in [0, 0.1) is 10.8 Å². The highest BCUT2D eigenvalue weighted by molar-refractivity contribution is 5.87. The van der Waals surface area contributed by atoms with Crippen LogP contribution in [0.4, 0.5) is 9.59 Å². The van der Waals surface area contributed by atoms with E-state index in [0.29, 0.717) is 52.0 Å². The van der Waals surface area contributed by atoms with Crippen molar-refractivity contribution in [1.82, 2.24) is 15.1 Å². The van der Waals surface area contributed by atoms with Gasteiger partial charge in [0.2, 0.25) is 5.91 Å². The normalized spacial score (nSPS) is 24.7. The molecule has 0 bridgehead atoms. The number of fused-ring (bicyclic) bond motifs is 1. The fourth-order valence-corrected chi connectivity index (χ4v) is 5.42. The van der Waals surface area contributed by atoms with Crippen molar-refractivity contribution in [2.75, 3.05) is 32.7 Å². The fourth-order valence-electron chi connectivity index (χ4n) is 5.42. The molecule has 1 aromatic carbocycles. The lowest BCUT2D eigenvalue weighted by molar-refractivity contribution is -0.134. The molecule has 3 aliphatic heterocycles. The molecular weight excluding hydrogens is 410 g/mol. The molecule has 8 heteroatoms. The third-order valence-corrected chi connectivity index (χ3v) is 7.08. The van der Waals surface area contributed by atoms with E-state index < -0.39 is 11.0 Å². The van der Waals surface area contributed by atoms with Crippen LogP contribution in [0.25, 0.3) is 0 Å². The third-order valence-electron chi connectivity index (χ3n) is 7.08. The minimum Gasteiger partial charge on any atom is -0.445 e. The maximum atomic E-state index is 13.0. The Bertz CT molecular complexity index is 873. The van der Waals surface area contributed by atoms with Crippen molar-refractivity contribution in [1.29, 1.82) is 0 Å². The predicted octanol–water partition coefficient (Wildman–Crippen LogP) is 3.16. The van der Waals surface area contributed by atoms with Crippen LogP contribution in [0.15, 0.2) is 30.3 Å². The van der Waals surface area contributed by atoms with Crippen LogP contribution in [0.5, 0.6) is 0 Å². The molecule has 3 fully saturated rings. The largest absolute Gasteiger partial charge is 0.445 e. The number of carbonyl (C=O) groups excluding carboxylic acids is 3. The van der Waals surface area contributed by atoms with Crippen molar-refractivity contribution in [3.8, 4) is 0 Å². The number of ether oxygens (including phenoxy) is 2. The van der Waals surface area contributed by atoms with E-state index in [2.05, 4.69) is 5.32 Å². The van der Waals surface area contributed by atoms with E-state index in [1.165, 1.54) is 0 Å². The minimum atomic E-state index is -0.626. The lowest BCUT2D eigenvalue weighted by Crippen LogP contribution is -2.53. The summed E-state index contributed by atoms with van der Waals surface area (Å²) in [4.78, 5) is 41.9. The number of benzene rings is 1. The molecule has 174 valence electrons. The molecule has 3 heterocycles. The Hall–Kier alpha value is -2.77. The molecule has 3 aliphatic rings. The zero-order chi connectivity index (χ0) is 23.0. The summed E-state index contributed by atoms with van der Waals surface area (Å²) in [5.74, 6) is 0.0153. The van der Waals surface area contributed by atoms with Gasteiger partial charge in [0.05, 0.1) is 5.41 Å². The second-order valence-corrected chi connectivity index (χ2v) is 10.2. The summed E-state index contributed by atoms with van der Waals surface area (Å²) >= 11 is 0. The van der Waals surface area contributed by atoms with Gasteiger partial charge in [0.25, 0.3) is 0 Å². The molecule has 32 heavy (non-hydrogen) atoms. The lowest BCUT2D eigenvalue weighted by Gasteiger charge is -2.46. The van der Waals surface area contributed by atoms with Crippen LogP contribution in [0.2, 0.25) is 0 Å². The van der Waals surface area contributed by atoms with Gasteiger partial charge in [-0.2, -0.15) is 0 Å². The van der Waals surface area contributed by atoms with Gasteiger partial charge in [0, 0.05) is 38.1 Å². The molecule has 1 aromatic rings. The maximum absolute atomic E-state index is 13.0. The highest BCUT2D eigenvalue weighted by atomic mass is 16.6. The Morgan fingerprint density at radius 2 is 1.69 bits per heavy atom. The van der Waals surface area contributed by atoms with Gasteiger partial charge in [-0.05, 0) is 45.6 Å². The second kappa shape index (κ2) is 8.30. The van der Waals surface area contributed by atoms with E-state index in [-0.39, 0.29) is 30.1 Å². The number of hydrogen-bond donors (Lipinski definition) is 1. The summed E-state index contributed by atoms with van der Waals surface area (Å²) < 4.78 is 11.1. The summed E-state index contributed by atoms with van der Waals surface area (Å²) in [5.41, 5.74) is -0.615. The van der Waals surface area contributed by atoms with Gasteiger partial charge in [-0.1, -0.05) is 30.3 Å². The van der Waals surface area contributed by atoms with Gasteiger partial charge in [0.1, 0.15) is 12.2 Å². The van der Waals surface area contributed by atoms with Crippen LogP contribution in [-0.2, 0) is 20.9 Å². The number of amides is 3. The summed E-state index contributed by atoms with van der Waals surface area (Å²) in [5, 5.41) is 2.98. The molecule has 4 rings (SSSR count). The molecule has 0 aliphatic carbocycles. The quantitative estimate of drug-likeness (QED) is 0.759. The molecular formula is C24H33N3O5. The van der Waals surface area contributed by atoms with Gasteiger partial charge in [-0.3, -0.25) is 4.79 Å². The summed E-state index contributed by atoms with van der Waals surface area (Å²) in [7, 11) is 0. The van der Waals surface area contributed by atoms with Crippen molar-refractivity contribution in [3.63, 3.8) is 0 Å². The SMILES string of the molecule is CC(C)(C)OC(=O)N1CCC2(CC1)CN(C(=O)OCc1ccccc1)CC21CCNC1=O. The Balaban J connectivity index is 1.46. The maximum Gasteiger partial charge on any atom is 0.410 e. The summed E-state index contributed by atoms with van der Waals surface area (Å²) in [6.45, 7) is 8.22. The molecule has 8 nitrogen and oxygen atoms in total. The Morgan fingerprint density at radius 3 is 2.28 bits per heavy atom. The summed E-state index contributed by atoms with van der Waals surface area (Å²) in [6.07, 6.45) is 1.29. The molecule has 1 unspecified atom stereocenters. The van der Waals surface area contributed by atoms with E-state index in [1.54, 1.807) is 9.80 Å². The number of piperidine rings is 1. The molecule has 0 saturated carbocycles. The highest BCUT2D eigenvalue weighted by Gasteiger charge is 2.64. The standard InChI is InChI=1S/C24H33N3O5/c1-22(2,3)32-21(30)26-13-10-23(11-14-26)16-27(17-24(23)9-12-25-19(24)28)20(29)31-15-18-7-5-4-6-8-18/h4-8H,9-17H2,1-3H3,(H,25,28).